The molecule has 0 spiro atoms. The first-order valence-corrected chi connectivity index (χ1v) is 8.27. The monoisotopic (exact) mass is 332 g/mol. The van der Waals surface area contributed by atoms with Gasteiger partial charge in [0.1, 0.15) is 11.5 Å². The van der Waals surface area contributed by atoms with Crippen LogP contribution in [0.5, 0.6) is 0 Å². The fourth-order valence-corrected chi connectivity index (χ4v) is 2.41. The first-order chi connectivity index (χ1) is 12.3. The summed E-state index contributed by atoms with van der Waals surface area (Å²) in [6.45, 7) is 0.805. The molecule has 0 aliphatic rings. The molecule has 0 atom stereocenters. The van der Waals surface area contributed by atoms with Gasteiger partial charge in [0.2, 0.25) is 0 Å². The minimum atomic E-state index is -0.269. The molecule has 5 heteroatoms. The number of aryl methyl sites for hydroxylation is 1. The molecule has 0 radical (unpaired) electrons. The van der Waals surface area contributed by atoms with E-state index >= 15 is 0 Å². The number of amides is 1. The number of hydrogen-bond acceptors (Lipinski definition) is 4. The molecule has 1 heterocycles. The van der Waals surface area contributed by atoms with Crippen molar-refractivity contribution in [2.24, 2.45) is 0 Å². The van der Waals surface area contributed by atoms with Gasteiger partial charge in [-0.3, -0.25) is 4.79 Å². The van der Waals surface area contributed by atoms with Crippen molar-refractivity contribution < 1.29 is 4.79 Å². The standard InChI is InChI=1S/C20H20N4O/c25-20(24-17-11-5-2-6-12-17)18-14-23-19(15-22-18)21-13-7-10-16-8-3-1-4-9-16/h1-6,8-9,11-12,14-15H,7,10,13H2,(H,21,23)(H,24,25). The molecule has 0 bridgehead atoms. The van der Waals surface area contributed by atoms with Gasteiger partial charge >= 0.3 is 0 Å². The third-order valence-corrected chi connectivity index (χ3v) is 3.71. The van der Waals surface area contributed by atoms with E-state index in [1.165, 1.54) is 11.8 Å². The molecule has 3 rings (SSSR count). The third kappa shape index (κ3) is 5.14. The van der Waals surface area contributed by atoms with Gasteiger partial charge in [0.15, 0.2) is 0 Å². The normalized spacial score (nSPS) is 10.2. The second-order valence-corrected chi connectivity index (χ2v) is 5.62. The summed E-state index contributed by atoms with van der Waals surface area (Å²) in [6.07, 6.45) is 5.08. The second kappa shape index (κ2) is 8.59. The van der Waals surface area contributed by atoms with E-state index in [1.54, 1.807) is 6.20 Å². The zero-order valence-corrected chi connectivity index (χ0v) is 13.9. The molecule has 0 saturated heterocycles. The Labute approximate surface area is 147 Å². The Kier molecular flexibility index (Phi) is 5.72. The Balaban J connectivity index is 1.46. The highest BCUT2D eigenvalue weighted by Crippen LogP contribution is 2.08. The van der Waals surface area contributed by atoms with Crippen LogP contribution in [0.2, 0.25) is 0 Å². The number of anilines is 2. The molecular formula is C20H20N4O. The lowest BCUT2D eigenvalue weighted by atomic mass is 10.1. The molecule has 1 aromatic heterocycles. The lowest BCUT2D eigenvalue weighted by Crippen LogP contribution is -2.14. The molecule has 3 aromatic rings. The lowest BCUT2D eigenvalue weighted by Gasteiger charge is -2.07. The Morgan fingerprint density at radius 3 is 2.28 bits per heavy atom. The maximum Gasteiger partial charge on any atom is 0.275 e. The molecule has 0 saturated carbocycles. The van der Waals surface area contributed by atoms with Crippen LogP contribution >= 0.6 is 0 Å². The number of hydrogen-bond donors (Lipinski definition) is 2. The van der Waals surface area contributed by atoms with Crippen molar-refractivity contribution in [2.45, 2.75) is 12.8 Å². The van der Waals surface area contributed by atoms with E-state index in [0.29, 0.717) is 11.5 Å². The summed E-state index contributed by atoms with van der Waals surface area (Å²) in [6, 6.07) is 19.6. The maximum atomic E-state index is 12.1. The Hall–Kier alpha value is -3.21. The van der Waals surface area contributed by atoms with Crippen molar-refractivity contribution in [3.05, 3.63) is 84.3 Å². The molecule has 2 aromatic carbocycles. The number of carbonyl (C=O) groups excluding carboxylic acids is 1. The summed E-state index contributed by atoms with van der Waals surface area (Å²) < 4.78 is 0. The van der Waals surface area contributed by atoms with Crippen LogP contribution < -0.4 is 10.6 Å². The Morgan fingerprint density at radius 2 is 1.60 bits per heavy atom. The minimum Gasteiger partial charge on any atom is -0.369 e. The van der Waals surface area contributed by atoms with Crippen LogP contribution in [0.1, 0.15) is 22.5 Å². The van der Waals surface area contributed by atoms with E-state index in [4.69, 9.17) is 0 Å². The fourth-order valence-electron chi connectivity index (χ4n) is 2.41. The first-order valence-electron chi connectivity index (χ1n) is 8.27. The summed E-state index contributed by atoms with van der Waals surface area (Å²) in [5, 5.41) is 6.01. The van der Waals surface area contributed by atoms with E-state index < -0.39 is 0 Å². The highest BCUT2D eigenvalue weighted by atomic mass is 16.1. The van der Waals surface area contributed by atoms with Gasteiger partial charge in [-0.25, -0.2) is 9.97 Å². The second-order valence-electron chi connectivity index (χ2n) is 5.62. The number of rotatable bonds is 7. The summed E-state index contributed by atoms with van der Waals surface area (Å²) in [4.78, 5) is 20.5. The number of nitrogens with one attached hydrogen (secondary N) is 2. The number of aromatic nitrogens is 2. The van der Waals surface area contributed by atoms with E-state index in [9.17, 15) is 4.79 Å². The molecule has 25 heavy (non-hydrogen) atoms. The SMILES string of the molecule is O=C(Nc1ccccc1)c1cnc(NCCCc2ccccc2)cn1. The highest BCUT2D eigenvalue weighted by molar-refractivity contribution is 6.02. The van der Waals surface area contributed by atoms with Gasteiger partial charge < -0.3 is 10.6 Å². The van der Waals surface area contributed by atoms with Gasteiger partial charge in [-0.05, 0) is 30.5 Å². The van der Waals surface area contributed by atoms with Crippen LogP contribution in [-0.4, -0.2) is 22.4 Å². The molecular weight excluding hydrogens is 312 g/mol. The average Bonchev–Trinajstić information content (AvgIpc) is 2.67. The molecule has 0 aliphatic heterocycles. The molecule has 1 amide bonds. The predicted molar refractivity (Wildman–Crippen MR) is 99.7 cm³/mol. The van der Waals surface area contributed by atoms with Crippen molar-refractivity contribution in [1.82, 2.24) is 9.97 Å². The van der Waals surface area contributed by atoms with Gasteiger partial charge in [-0.1, -0.05) is 48.5 Å². The third-order valence-electron chi connectivity index (χ3n) is 3.71. The van der Waals surface area contributed by atoms with E-state index in [0.717, 1.165) is 25.1 Å². The molecule has 126 valence electrons. The smallest absolute Gasteiger partial charge is 0.275 e. The average molecular weight is 332 g/mol. The van der Waals surface area contributed by atoms with Gasteiger partial charge in [0.25, 0.3) is 5.91 Å². The van der Waals surface area contributed by atoms with Crippen LogP contribution in [-0.2, 0) is 6.42 Å². The zero-order valence-electron chi connectivity index (χ0n) is 13.9. The zero-order chi connectivity index (χ0) is 17.3. The molecule has 5 nitrogen and oxygen atoms in total. The van der Waals surface area contributed by atoms with Crippen LogP contribution in [0.4, 0.5) is 11.5 Å². The Morgan fingerprint density at radius 1 is 0.880 bits per heavy atom. The van der Waals surface area contributed by atoms with Crippen molar-refractivity contribution >= 4 is 17.4 Å². The topological polar surface area (TPSA) is 66.9 Å². The maximum absolute atomic E-state index is 12.1. The summed E-state index contributed by atoms with van der Waals surface area (Å²) in [5.74, 6) is 0.402. The van der Waals surface area contributed by atoms with Crippen LogP contribution in [0.15, 0.2) is 73.1 Å². The van der Waals surface area contributed by atoms with Crippen LogP contribution in [0.3, 0.4) is 0 Å². The van der Waals surface area contributed by atoms with E-state index in [2.05, 4.69) is 32.7 Å². The number of benzene rings is 2. The first kappa shape index (κ1) is 16.6. The van der Waals surface area contributed by atoms with Crippen molar-refractivity contribution in [1.29, 1.82) is 0 Å². The van der Waals surface area contributed by atoms with Gasteiger partial charge in [-0.2, -0.15) is 0 Å². The molecule has 0 fully saturated rings. The van der Waals surface area contributed by atoms with Crippen molar-refractivity contribution in [2.75, 3.05) is 17.2 Å². The molecule has 0 unspecified atom stereocenters. The van der Waals surface area contributed by atoms with Crippen LogP contribution in [0.25, 0.3) is 0 Å². The quantitative estimate of drug-likeness (QED) is 0.646. The van der Waals surface area contributed by atoms with Crippen LogP contribution in [0, 0.1) is 0 Å². The highest BCUT2D eigenvalue weighted by Gasteiger charge is 2.08. The van der Waals surface area contributed by atoms with Gasteiger partial charge in [0, 0.05) is 12.2 Å². The molecule has 0 aliphatic carbocycles. The van der Waals surface area contributed by atoms with E-state index in [-0.39, 0.29) is 5.91 Å². The summed E-state index contributed by atoms with van der Waals surface area (Å²) >= 11 is 0. The lowest BCUT2D eigenvalue weighted by molar-refractivity contribution is 0.102. The summed E-state index contributed by atoms with van der Waals surface area (Å²) in [7, 11) is 0. The molecule has 2 N–H and O–H groups in total. The number of para-hydroxylation sites is 1. The van der Waals surface area contributed by atoms with E-state index in [1.807, 2.05) is 48.5 Å². The van der Waals surface area contributed by atoms with Crippen molar-refractivity contribution in [3.8, 4) is 0 Å². The fraction of sp³-hybridized carbons (Fsp3) is 0.150. The largest absolute Gasteiger partial charge is 0.369 e. The van der Waals surface area contributed by atoms with Gasteiger partial charge in [0.05, 0.1) is 12.4 Å². The number of carbonyl (C=O) groups is 1. The number of nitrogens with zero attached hydrogens (tertiary/aromatic N) is 2. The van der Waals surface area contributed by atoms with Gasteiger partial charge in [-0.15, -0.1) is 0 Å². The summed E-state index contributed by atoms with van der Waals surface area (Å²) in [5.41, 5.74) is 2.35. The predicted octanol–water partition coefficient (Wildman–Crippen LogP) is 3.77. The minimum absolute atomic E-state index is 0.269. The van der Waals surface area contributed by atoms with Crippen molar-refractivity contribution in [3.63, 3.8) is 0 Å². The Bertz CT molecular complexity index is 789.